The van der Waals surface area contributed by atoms with Crippen LogP contribution in [0.1, 0.15) is 20.3 Å². The van der Waals surface area contributed by atoms with Crippen LogP contribution in [0.2, 0.25) is 0 Å². The molecule has 0 radical (unpaired) electrons. The van der Waals surface area contributed by atoms with Crippen LogP contribution in [-0.2, 0) is 0 Å². The van der Waals surface area contributed by atoms with Gasteiger partial charge in [0, 0.05) is 18.0 Å². The van der Waals surface area contributed by atoms with Gasteiger partial charge in [0.1, 0.15) is 11.3 Å². The van der Waals surface area contributed by atoms with Crippen molar-refractivity contribution in [1.29, 1.82) is 5.53 Å². The molecule has 1 aromatic rings. The molecule has 1 aromatic carbocycles. The fourth-order valence-electron chi connectivity index (χ4n) is 1.23. The second-order valence-electron chi connectivity index (χ2n) is 4.04. The lowest BCUT2D eigenvalue weighted by molar-refractivity contribution is 0.0917. The highest BCUT2D eigenvalue weighted by Crippen LogP contribution is 2.22. The number of benzene rings is 1. The smallest absolute Gasteiger partial charge is 0.160 e. The average Bonchev–Trinajstić information content (AvgIpc) is 2.34. The molecule has 0 fully saturated rings. The molecule has 0 amide bonds. The average molecular weight is 255 g/mol. The van der Waals surface area contributed by atoms with E-state index in [2.05, 4.69) is 10.4 Å². The predicted octanol–water partition coefficient (Wildman–Crippen LogP) is 3.41. The molecule has 0 saturated carbocycles. The molecule has 0 aromatic heterocycles. The molecule has 0 aliphatic carbocycles. The largest absolute Gasteiger partial charge is 0.384 e. The highest BCUT2D eigenvalue weighted by atomic mass is 19.2. The van der Waals surface area contributed by atoms with Crippen molar-refractivity contribution >= 4 is 5.69 Å². The van der Waals surface area contributed by atoms with Crippen molar-refractivity contribution in [1.82, 2.24) is 0 Å². The molecule has 0 aliphatic rings. The van der Waals surface area contributed by atoms with Gasteiger partial charge in [-0.1, -0.05) is 6.92 Å². The lowest BCUT2D eigenvalue weighted by Gasteiger charge is -2.20. The van der Waals surface area contributed by atoms with Gasteiger partial charge in [0.25, 0.3) is 0 Å². The summed E-state index contributed by atoms with van der Waals surface area (Å²) >= 11 is 0. The van der Waals surface area contributed by atoms with Crippen LogP contribution in [0.3, 0.4) is 0 Å². The molecule has 1 unspecified atom stereocenters. The van der Waals surface area contributed by atoms with Crippen LogP contribution in [0.4, 0.5) is 14.5 Å². The lowest BCUT2D eigenvalue weighted by atomic mass is 10.0. The van der Waals surface area contributed by atoms with Gasteiger partial charge < -0.3 is 10.4 Å². The molecule has 0 aliphatic heterocycles. The maximum Gasteiger partial charge on any atom is 0.160 e. The van der Waals surface area contributed by atoms with Gasteiger partial charge in [-0.05, 0) is 25.5 Å². The van der Waals surface area contributed by atoms with E-state index in [1.165, 1.54) is 19.2 Å². The van der Waals surface area contributed by atoms with Gasteiger partial charge in [-0.25, -0.2) is 14.3 Å². The maximum absolute atomic E-state index is 12.9. The molecule has 6 heteroatoms. The lowest BCUT2D eigenvalue weighted by Crippen LogP contribution is -2.25. The Morgan fingerprint density at radius 3 is 2.67 bits per heavy atom. The maximum atomic E-state index is 12.9. The zero-order valence-corrected chi connectivity index (χ0v) is 10.2. The number of aliphatic hydroxyl groups is 1. The summed E-state index contributed by atoms with van der Waals surface area (Å²) in [5.74, 6) is -1.91. The zero-order valence-electron chi connectivity index (χ0n) is 10.2. The van der Waals surface area contributed by atoms with Crippen LogP contribution in [0.15, 0.2) is 35.2 Å². The van der Waals surface area contributed by atoms with Crippen LogP contribution in [0.5, 0.6) is 0 Å². The Kier molecular flexibility index (Phi) is 4.49. The van der Waals surface area contributed by atoms with Crippen LogP contribution in [0.25, 0.3) is 0 Å². The SMILES string of the molecule is CCC(C)(O)/C(=C/Nc1ccc(F)c(F)c1)N=N. The van der Waals surface area contributed by atoms with Gasteiger partial charge in [-0.2, -0.15) is 5.11 Å². The van der Waals surface area contributed by atoms with Crippen molar-refractivity contribution < 1.29 is 13.9 Å². The van der Waals surface area contributed by atoms with Crippen molar-refractivity contribution in [2.75, 3.05) is 5.32 Å². The van der Waals surface area contributed by atoms with E-state index in [1.54, 1.807) is 6.92 Å². The highest BCUT2D eigenvalue weighted by molar-refractivity contribution is 5.46. The molecule has 0 heterocycles. The summed E-state index contributed by atoms with van der Waals surface area (Å²) < 4.78 is 25.6. The summed E-state index contributed by atoms with van der Waals surface area (Å²) in [5, 5.41) is 15.8. The monoisotopic (exact) mass is 255 g/mol. The number of anilines is 1. The van der Waals surface area contributed by atoms with Crippen molar-refractivity contribution in [3.63, 3.8) is 0 Å². The standard InChI is InChI=1S/C12H15F2N3O/c1-3-12(2,18)11(17-15)7-16-8-4-5-9(13)10(14)6-8/h4-7,15-16,18H,3H2,1-2H3/b11-7-,17-15?. The first-order valence-corrected chi connectivity index (χ1v) is 5.42. The number of hydrogen-bond acceptors (Lipinski definition) is 4. The molecule has 1 rings (SSSR count). The minimum atomic E-state index is -1.24. The van der Waals surface area contributed by atoms with Crippen molar-refractivity contribution in [3.05, 3.63) is 41.7 Å². The van der Waals surface area contributed by atoms with Crippen molar-refractivity contribution in [2.24, 2.45) is 5.11 Å². The minimum Gasteiger partial charge on any atom is -0.384 e. The number of nitrogens with zero attached hydrogens (tertiary/aromatic N) is 1. The van der Waals surface area contributed by atoms with E-state index in [9.17, 15) is 13.9 Å². The molecular weight excluding hydrogens is 240 g/mol. The summed E-state index contributed by atoms with van der Waals surface area (Å²) in [6, 6.07) is 3.31. The Labute approximate surface area is 104 Å². The van der Waals surface area contributed by atoms with Crippen LogP contribution < -0.4 is 5.32 Å². The third-order valence-corrected chi connectivity index (χ3v) is 2.66. The third kappa shape index (κ3) is 3.33. The van der Waals surface area contributed by atoms with E-state index in [-0.39, 0.29) is 5.70 Å². The van der Waals surface area contributed by atoms with Crippen LogP contribution >= 0.6 is 0 Å². The molecule has 0 bridgehead atoms. The first-order chi connectivity index (χ1) is 8.40. The van der Waals surface area contributed by atoms with E-state index in [0.29, 0.717) is 12.1 Å². The van der Waals surface area contributed by atoms with E-state index in [1.807, 2.05) is 0 Å². The van der Waals surface area contributed by atoms with E-state index in [4.69, 9.17) is 5.53 Å². The summed E-state index contributed by atoms with van der Waals surface area (Å²) in [7, 11) is 0. The summed E-state index contributed by atoms with van der Waals surface area (Å²) in [5.41, 5.74) is 6.15. The molecule has 4 nitrogen and oxygen atoms in total. The number of nitrogens with one attached hydrogen (secondary N) is 2. The minimum absolute atomic E-state index is 0.106. The van der Waals surface area contributed by atoms with Gasteiger partial charge in [-0.3, -0.25) is 0 Å². The zero-order chi connectivity index (χ0) is 13.8. The summed E-state index contributed by atoms with van der Waals surface area (Å²) in [6.45, 7) is 3.26. The molecule has 1 atom stereocenters. The Hall–Kier alpha value is -1.82. The molecule has 0 spiro atoms. The molecule has 3 N–H and O–H groups in total. The van der Waals surface area contributed by atoms with Gasteiger partial charge in [-0.15, -0.1) is 0 Å². The van der Waals surface area contributed by atoms with Gasteiger partial charge >= 0.3 is 0 Å². The van der Waals surface area contributed by atoms with Gasteiger partial charge in [0.05, 0.1) is 0 Å². The van der Waals surface area contributed by atoms with Gasteiger partial charge in [0.15, 0.2) is 11.6 Å². The Morgan fingerprint density at radius 1 is 1.50 bits per heavy atom. The first-order valence-electron chi connectivity index (χ1n) is 5.42. The number of rotatable bonds is 5. The van der Waals surface area contributed by atoms with Crippen molar-refractivity contribution in [2.45, 2.75) is 25.9 Å². The highest BCUT2D eigenvalue weighted by Gasteiger charge is 2.23. The fourth-order valence-corrected chi connectivity index (χ4v) is 1.23. The van der Waals surface area contributed by atoms with Crippen molar-refractivity contribution in [3.8, 4) is 0 Å². The third-order valence-electron chi connectivity index (χ3n) is 2.66. The molecule has 98 valence electrons. The molecular formula is C12H15F2N3O. The molecule has 0 saturated heterocycles. The Balaban J connectivity index is 2.90. The second-order valence-corrected chi connectivity index (χ2v) is 4.04. The number of halogens is 2. The predicted molar refractivity (Wildman–Crippen MR) is 64.1 cm³/mol. The quantitative estimate of drug-likeness (QED) is 0.706. The van der Waals surface area contributed by atoms with E-state index >= 15 is 0 Å². The Bertz CT molecular complexity index is 472. The van der Waals surface area contributed by atoms with Gasteiger partial charge in [0.2, 0.25) is 0 Å². The fraction of sp³-hybridized carbons (Fsp3) is 0.333. The number of hydrogen-bond donors (Lipinski definition) is 3. The summed E-state index contributed by atoms with van der Waals surface area (Å²) in [6.07, 6.45) is 1.67. The topological polar surface area (TPSA) is 68.5 Å². The second kappa shape index (κ2) is 5.68. The van der Waals surface area contributed by atoms with Crippen LogP contribution in [0, 0.1) is 17.2 Å². The summed E-state index contributed by atoms with van der Waals surface area (Å²) in [4.78, 5) is 0. The van der Waals surface area contributed by atoms with Crippen LogP contribution in [-0.4, -0.2) is 10.7 Å². The molecule has 18 heavy (non-hydrogen) atoms. The first kappa shape index (κ1) is 14.2. The Morgan fingerprint density at radius 2 is 2.17 bits per heavy atom. The van der Waals surface area contributed by atoms with E-state index < -0.39 is 17.2 Å². The normalized spacial score (nSPS) is 15.1. The van der Waals surface area contributed by atoms with E-state index in [0.717, 1.165) is 12.1 Å².